The van der Waals surface area contributed by atoms with Gasteiger partial charge in [0, 0.05) is 12.4 Å². The van der Waals surface area contributed by atoms with Crippen molar-refractivity contribution in [2.24, 2.45) is 0 Å². The van der Waals surface area contributed by atoms with Crippen molar-refractivity contribution in [2.45, 2.75) is 0 Å². The van der Waals surface area contributed by atoms with Crippen LogP contribution in [0.3, 0.4) is 0 Å². The molecular weight excluding hydrogens is 126 g/mol. The smallest absolute Gasteiger partial charge is 0.281 e. The number of hydrogen-bond donors (Lipinski definition) is 0. The van der Waals surface area contributed by atoms with Crippen molar-refractivity contribution in [1.29, 1.82) is 0 Å². The predicted molar refractivity (Wildman–Crippen MR) is 31.1 cm³/mol. The molecule has 0 fully saturated rings. The Labute approximate surface area is 51.7 Å². The van der Waals surface area contributed by atoms with E-state index in [2.05, 4.69) is 0 Å². The average molecular weight is 130 g/mol. The number of rotatable bonds is 0. The molecule has 3 heteroatoms. The number of halogens is 1. The second-order valence-electron chi connectivity index (χ2n) is 1.34. The third kappa shape index (κ3) is 0.898. The summed E-state index contributed by atoms with van der Waals surface area (Å²) >= 11 is 5.07. The van der Waals surface area contributed by atoms with Gasteiger partial charge < -0.3 is 0 Å². The number of aromatic nitrogens is 1. The maximum atomic E-state index is 10.2. The van der Waals surface area contributed by atoms with Gasteiger partial charge in [-0.25, -0.2) is 0 Å². The zero-order valence-electron chi connectivity index (χ0n) is 4.04. The highest BCUT2D eigenvalue weighted by Gasteiger charge is 1.92. The average Bonchev–Trinajstić information content (AvgIpc) is 2.12. The molecule has 1 rings (SSSR count). The third-order valence-corrected chi connectivity index (χ3v) is 1.00. The van der Waals surface area contributed by atoms with Gasteiger partial charge in [0.25, 0.3) is 0 Å². The molecule has 0 radical (unpaired) electrons. The van der Waals surface area contributed by atoms with Gasteiger partial charge in [-0.3, -0.25) is 9.36 Å². The summed E-state index contributed by atoms with van der Waals surface area (Å²) in [6, 6.07) is 3.47. The highest BCUT2D eigenvalue weighted by atomic mass is 35.5. The second kappa shape index (κ2) is 2.01. The molecule has 2 nitrogen and oxygen atoms in total. The fourth-order valence-corrected chi connectivity index (χ4v) is 0.564. The topological polar surface area (TPSA) is 22.0 Å². The molecule has 0 amide bonds. The van der Waals surface area contributed by atoms with Gasteiger partial charge in [0.2, 0.25) is 0 Å². The lowest BCUT2D eigenvalue weighted by molar-refractivity contribution is 0.261. The van der Waals surface area contributed by atoms with Crippen LogP contribution in [-0.2, 0) is 0 Å². The van der Waals surface area contributed by atoms with Crippen molar-refractivity contribution in [3.05, 3.63) is 24.5 Å². The Morgan fingerprint density at radius 3 is 2.12 bits per heavy atom. The van der Waals surface area contributed by atoms with Gasteiger partial charge in [0.1, 0.15) is 0 Å². The molecule has 0 atom stereocenters. The minimum absolute atomic E-state index is 0.477. The lowest BCUT2D eigenvalue weighted by Gasteiger charge is -1.86. The number of carbonyl (C=O) groups excluding carboxylic acids is 1. The molecule has 0 bridgehead atoms. The van der Waals surface area contributed by atoms with Crippen molar-refractivity contribution in [2.75, 3.05) is 0 Å². The van der Waals surface area contributed by atoms with E-state index in [1.807, 2.05) is 0 Å². The minimum atomic E-state index is -0.477. The van der Waals surface area contributed by atoms with Crippen LogP contribution in [0.4, 0.5) is 4.79 Å². The number of carbonyl (C=O) groups is 1. The summed E-state index contributed by atoms with van der Waals surface area (Å²) in [5.74, 6) is 0. The van der Waals surface area contributed by atoms with E-state index >= 15 is 0 Å². The van der Waals surface area contributed by atoms with E-state index in [0.717, 1.165) is 0 Å². The van der Waals surface area contributed by atoms with Gasteiger partial charge in [-0.2, -0.15) is 0 Å². The molecule has 0 unspecified atom stereocenters. The molecule has 0 aromatic carbocycles. The van der Waals surface area contributed by atoms with Gasteiger partial charge >= 0.3 is 5.37 Å². The third-order valence-electron chi connectivity index (χ3n) is 0.807. The summed E-state index contributed by atoms with van der Waals surface area (Å²) in [7, 11) is 0. The van der Waals surface area contributed by atoms with E-state index in [-0.39, 0.29) is 0 Å². The summed E-state index contributed by atoms with van der Waals surface area (Å²) in [5.41, 5.74) is 0. The molecule has 0 aliphatic carbocycles. The second-order valence-corrected chi connectivity index (χ2v) is 1.67. The maximum Gasteiger partial charge on any atom is 0.324 e. The summed E-state index contributed by atoms with van der Waals surface area (Å²) in [5, 5.41) is -0.477. The summed E-state index contributed by atoms with van der Waals surface area (Å²) in [6.07, 6.45) is 3.19. The first-order valence-electron chi connectivity index (χ1n) is 2.13. The molecule has 42 valence electrons. The molecule has 1 heterocycles. The molecule has 1 aromatic heterocycles. The lowest BCUT2D eigenvalue weighted by Crippen LogP contribution is -1.95. The van der Waals surface area contributed by atoms with E-state index in [0.29, 0.717) is 0 Å². The predicted octanol–water partition coefficient (Wildman–Crippen LogP) is 1.69. The van der Waals surface area contributed by atoms with Gasteiger partial charge in [-0.05, 0) is 23.7 Å². The zero-order valence-corrected chi connectivity index (χ0v) is 4.80. The molecule has 0 spiro atoms. The Morgan fingerprint density at radius 2 is 1.88 bits per heavy atom. The van der Waals surface area contributed by atoms with E-state index in [1.54, 1.807) is 24.5 Å². The largest absolute Gasteiger partial charge is 0.324 e. The first-order valence-corrected chi connectivity index (χ1v) is 2.51. The molecule has 0 saturated heterocycles. The van der Waals surface area contributed by atoms with Crippen LogP contribution in [0.15, 0.2) is 24.5 Å². The molecule has 0 aliphatic rings. The van der Waals surface area contributed by atoms with Crippen molar-refractivity contribution >= 4 is 17.0 Å². The van der Waals surface area contributed by atoms with Crippen molar-refractivity contribution in [3.8, 4) is 0 Å². The fourth-order valence-electron chi connectivity index (χ4n) is 0.452. The Morgan fingerprint density at radius 1 is 1.38 bits per heavy atom. The molecule has 0 saturated carbocycles. The quantitative estimate of drug-likeness (QED) is 0.489. The van der Waals surface area contributed by atoms with Gasteiger partial charge in [-0.1, -0.05) is 0 Å². The van der Waals surface area contributed by atoms with Crippen LogP contribution in [0.25, 0.3) is 0 Å². The Balaban J connectivity index is 2.93. The van der Waals surface area contributed by atoms with Gasteiger partial charge in [0.15, 0.2) is 0 Å². The van der Waals surface area contributed by atoms with Gasteiger partial charge in [-0.15, -0.1) is 0 Å². The van der Waals surface area contributed by atoms with Crippen LogP contribution in [-0.4, -0.2) is 9.93 Å². The first-order chi connectivity index (χ1) is 3.80. The summed E-state index contributed by atoms with van der Waals surface area (Å²) in [4.78, 5) is 10.2. The van der Waals surface area contributed by atoms with Crippen molar-refractivity contribution < 1.29 is 4.79 Å². The molecule has 0 aliphatic heterocycles. The minimum Gasteiger partial charge on any atom is -0.281 e. The fraction of sp³-hybridized carbons (Fsp3) is 0. The standard InChI is InChI=1S/C5H4ClNO/c6-5(8)7-3-1-2-4-7/h1-4H. The van der Waals surface area contributed by atoms with Crippen LogP contribution < -0.4 is 0 Å². The van der Waals surface area contributed by atoms with E-state index in [9.17, 15) is 4.79 Å². The Hall–Kier alpha value is -0.760. The molecular formula is C5H4ClNO. The van der Waals surface area contributed by atoms with Gasteiger partial charge in [0.05, 0.1) is 0 Å². The van der Waals surface area contributed by atoms with Crippen LogP contribution in [0.5, 0.6) is 0 Å². The highest BCUT2D eigenvalue weighted by molar-refractivity contribution is 6.63. The SMILES string of the molecule is O=C(Cl)n1cccc1. The van der Waals surface area contributed by atoms with Crippen LogP contribution >= 0.6 is 11.6 Å². The van der Waals surface area contributed by atoms with E-state index < -0.39 is 5.37 Å². The van der Waals surface area contributed by atoms with Crippen LogP contribution in [0.1, 0.15) is 0 Å². The van der Waals surface area contributed by atoms with Crippen LogP contribution in [0.2, 0.25) is 0 Å². The monoisotopic (exact) mass is 129 g/mol. The molecule has 1 aromatic rings. The Bertz CT molecular complexity index is 180. The van der Waals surface area contributed by atoms with Crippen molar-refractivity contribution in [3.63, 3.8) is 0 Å². The number of hydrogen-bond acceptors (Lipinski definition) is 1. The maximum absolute atomic E-state index is 10.2. The zero-order chi connectivity index (χ0) is 5.98. The summed E-state index contributed by atoms with van der Waals surface area (Å²) in [6.45, 7) is 0. The highest BCUT2D eigenvalue weighted by Crippen LogP contribution is 1.92. The summed E-state index contributed by atoms with van der Waals surface area (Å²) < 4.78 is 1.29. The van der Waals surface area contributed by atoms with E-state index in [4.69, 9.17) is 11.6 Å². The number of nitrogens with zero attached hydrogens (tertiary/aromatic N) is 1. The van der Waals surface area contributed by atoms with E-state index in [1.165, 1.54) is 4.57 Å². The van der Waals surface area contributed by atoms with Crippen LogP contribution in [0, 0.1) is 0 Å². The Kier molecular flexibility index (Phi) is 1.35. The normalized spacial score (nSPS) is 9.12. The molecule has 0 N–H and O–H groups in total. The molecule has 8 heavy (non-hydrogen) atoms. The van der Waals surface area contributed by atoms with Crippen molar-refractivity contribution in [1.82, 2.24) is 4.57 Å². The lowest BCUT2D eigenvalue weighted by atomic mass is 10.7. The first kappa shape index (κ1) is 5.38.